The number of aromatic nitrogens is 3. The van der Waals surface area contributed by atoms with Gasteiger partial charge in [-0.15, -0.1) is 34.0 Å². The van der Waals surface area contributed by atoms with E-state index in [1.54, 1.807) is 50.7 Å². The van der Waals surface area contributed by atoms with Crippen LogP contribution in [0.5, 0.6) is 0 Å². The summed E-state index contributed by atoms with van der Waals surface area (Å²) in [7, 11) is 0. The van der Waals surface area contributed by atoms with Gasteiger partial charge in [0.15, 0.2) is 17.3 Å². The maximum Gasteiger partial charge on any atom is 0.303 e. The fourth-order valence-corrected chi connectivity index (χ4v) is 16.6. The van der Waals surface area contributed by atoms with Crippen LogP contribution in [0.4, 0.5) is 0 Å². The number of Topliss-reactive ketones (excluding diaryl/α,β-unsaturated/α-hetero) is 5. The summed E-state index contributed by atoms with van der Waals surface area (Å²) in [6.07, 6.45) is 9.48. The summed E-state index contributed by atoms with van der Waals surface area (Å²) in [5.41, 5.74) is 25.5. The number of aliphatic carboxylic acids is 1. The molecule has 608 valence electrons. The van der Waals surface area contributed by atoms with Crippen molar-refractivity contribution in [2.45, 2.75) is 274 Å². The average molecular weight is 1590 g/mol. The third-order valence-corrected chi connectivity index (χ3v) is 24.1. The number of aliphatic hydroxyl groups is 3. The predicted octanol–water partition coefficient (Wildman–Crippen LogP) is 14.3. The van der Waals surface area contributed by atoms with E-state index in [9.17, 15) is 58.5 Å². The molecule has 3 aromatic heterocycles. The Balaban J connectivity index is 0.000000253. The Morgan fingerprint density at radius 1 is 0.450 bits per heavy atom. The molecule has 0 radical (unpaired) electrons. The highest BCUT2D eigenvalue weighted by Gasteiger charge is 2.47. The van der Waals surface area contributed by atoms with Crippen molar-refractivity contribution >= 4 is 86.6 Å². The van der Waals surface area contributed by atoms with Crippen molar-refractivity contribution in [3.63, 3.8) is 0 Å². The molecule has 24 heteroatoms. The number of rotatable bonds is 33. The number of hydrogen-bond acceptors (Lipinski definition) is 20. The van der Waals surface area contributed by atoms with Crippen LogP contribution in [0, 0.1) is 48.9 Å². The van der Waals surface area contributed by atoms with Crippen molar-refractivity contribution in [2.75, 3.05) is 26.2 Å². The Kier molecular flexibility index (Phi) is 36.4. The number of unbranched alkanes of at least 4 members (excludes halogenated alkanes) is 5. The molecular weight excluding hydrogens is 1460 g/mol. The van der Waals surface area contributed by atoms with E-state index in [2.05, 4.69) is 58.3 Å². The molecule has 9 rings (SSSR count). The van der Waals surface area contributed by atoms with Crippen LogP contribution in [0.1, 0.15) is 226 Å². The normalized spacial score (nSPS) is 18.5. The Bertz CT molecular complexity index is 3830. The molecule has 3 aliphatic rings. The second-order valence-corrected chi connectivity index (χ2v) is 35.9. The van der Waals surface area contributed by atoms with Crippen molar-refractivity contribution in [3.05, 3.63) is 123 Å². The number of amides is 3. The third-order valence-electron chi connectivity index (χ3n) is 21.2. The molecule has 6 aromatic rings. The molecule has 3 fully saturated rings. The number of thiazole rings is 3. The number of ketones is 5. The molecule has 3 saturated heterocycles. The molecule has 111 heavy (non-hydrogen) atoms. The Morgan fingerprint density at radius 2 is 0.748 bits per heavy atom. The van der Waals surface area contributed by atoms with Crippen LogP contribution in [0.15, 0.2) is 89.3 Å². The molecule has 0 spiro atoms. The number of carbonyl (C=O) groups is 9. The lowest BCUT2D eigenvalue weighted by atomic mass is 9.76. The van der Waals surface area contributed by atoms with Gasteiger partial charge in [-0.1, -0.05) is 175 Å². The van der Waals surface area contributed by atoms with Crippen molar-refractivity contribution in [2.24, 2.45) is 39.5 Å². The Hall–Kier alpha value is -7.42. The summed E-state index contributed by atoms with van der Waals surface area (Å²) in [4.78, 5) is 136. The van der Waals surface area contributed by atoms with Gasteiger partial charge in [-0.3, -0.25) is 43.2 Å². The fraction of sp³-hybridized carbons (Fsp3) is 0.586. The molecule has 21 nitrogen and oxygen atoms in total. The number of carboxylic acid groups (broad SMARTS) is 1. The van der Waals surface area contributed by atoms with Gasteiger partial charge in [-0.05, 0) is 115 Å². The van der Waals surface area contributed by atoms with E-state index in [-0.39, 0.29) is 105 Å². The molecule has 6 heterocycles. The molecule has 3 aromatic carbocycles. The van der Waals surface area contributed by atoms with E-state index in [0.717, 1.165) is 110 Å². The molecule has 0 saturated carbocycles. The van der Waals surface area contributed by atoms with Gasteiger partial charge in [0.2, 0.25) is 17.7 Å². The van der Waals surface area contributed by atoms with Crippen molar-refractivity contribution in [1.82, 2.24) is 29.7 Å². The molecular formula is C87H124N8O13S3. The number of aliphatic hydroxyl groups excluding tert-OH is 3. The first-order valence-corrected chi connectivity index (χ1v) is 42.2. The molecule has 3 amide bonds. The number of benzene rings is 3. The van der Waals surface area contributed by atoms with E-state index in [1.807, 2.05) is 136 Å². The summed E-state index contributed by atoms with van der Waals surface area (Å²) in [6.45, 7) is 28.3. The van der Waals surface area contributed by atoms with Gasteiger partial charge in [0.05, 0.1) is 90.7 Å². The number of carbonyl (C=O) groups excluding carboxylic acids is 8. The summed E-state index contributed by atoms with van der Waals surface area (Å²) in [6, 6.07) is 21.9. The van der Waals surface area contributed by atoms with E-state index in [0.29, 0.717) is 57.9 Å². The van der Waals surface area contributed by atoms with Crippen LogP contribution in [-0.2, 0) is 62.4 Å². The monoisotopic (exact) mass is 1580 g/mol. The topological polar surface area (TPSA) is 335 Å². The minimum absolute atomic E-state index is 0.0246. The third kappa shape index (κ3) is 28.3. The summed E-state index contributed by atoms with van der Waals surface area (Å²) in [5.74, 6) is -2.37. The van der Waals surface area contributed by atoms with Gasteiger partial charge in [-0.25, -0.2) is 15.0 Å². The van der Waals surface area contributed by atoms with Crippen LogP contribution >= 0.6 is 34.0 Å². The van der Waals surface area contributed by atoms with Gasteiger partial charge in [-0.2, -0.15) is 0 Å². The van der Waals surface area contributed by atoms with E-state index < -0.39 is 76.5 Å². The average Bonchev–Trinajstić information content (AvgIpc) is 1.62. The second kappa shape index (κ2) is 43.7. The number of likely N-dealkylation sites (tertiary alicyclic amines) is 3. The number of nitrogens with zero attached hydrogens (tertiary/aromatic N) is 6. The number of β-amino-alcohol motifs (C(OH)–C–C–N with tert-alkyl or cyclic N) is 3. The number of hydrogen-bond donors (Lipinski definition) is 6. The largest absolute Gasteiger partial charge is 0.481 e. The first-order chi connectivity index (χ1) is 52.4. The number of nitrogens with two attached hydrogens (primary N) is 2. The van der Waals surface area contributed by atoms with Crippen LogP contribution in [0.25, 0.3) is 31.3 Å². The maximum atomic E-state index is 13.7. The summed E-state index contributed by atoms with van der Waals surface area (Å²) < 4.78 is 0. The van der Waals surface area contributed by atoms with Crippen LogP contribution < -0.4 is 11.5 Å². The molecule has 0 unspecified atom stereocenters. The lowest BCUT2D eigenvalue weighted by Crippen LogP contribution is -2.53. The van der Waals surface area contributed by atoms with Gasteiger partial charge < -0.3 is 46.6 Å². The summed E-state index contributed by atoms with van der Waals surface area (Å²) in [5, 5.41) is 38.6. The second-order valence-electron chi connectivity index (χ2n) is 33.3. The zero-order chi connectivity index (χ0) is 82.1. The SMILES string of the molecule is CCC(=O)O.CCCCCCC(=O)C[C@H](C(=O)N1C[C@H](O)C[C@H]1C(=O)CCc1ccc(-c2scnc2C)cc1)C(C)(C)C.Cc1ncsc1-c1ccc(CCC(=O)[C@@H]2C[C@@H](O)CN2C(=O)[C@@H](CC(=O)CCCCCN)C(C)(C)C)cc1.Cc1ncsc1-c1ccc(CCC(=O)[C@@H]2C[C@@H](O)CN2C(=O)[C@@H](N)C(C)(C)C)cc1. The Labute approximate surface area is 670 Å². The molecule has 8 N–H and O–H groups in total. The molecule has 9 atom stereocenters. The van der Waals surface area contributed by atoms with Gasteiger partial charge in [0, 0.05) is 102 Å². The van der Waals surface area contributed by atoms with Gasteiger partial charge >= 0.3 is 5.97 Å². The Morgan fingerprint density at radius 3 is 1.00 bits per heavy atom. The zero-order valence-corrected chi connectivity index (χ0v) is 70.5. The highest BCUT2D eigenvalue weighted by molar-refractivity contribution is 7.14. The molecule has 0 aliphatic carbocycles. The van der Waals surface area contributed by atoms with Crippen molar-refractivity contribution in [3.8, 4) is 31.3 Å². The number of aryl methyl sites for hydroxylation is 6. The number of carboxylic acids is 1. The highest BCUT2D eigenvalue weighted by atomic mass is 32.1. The van der Waals surface area contributed by atoms with E-state index in [4.69, 9.17) is 16.6 Å². The van der Waals surface area contributed by atoms with Crippen LogP contribution in [0.3, 0.4) is 0 Å². The minimum atomic E-state index is -0.745. The first-order valence-electron chi connectivity index (χ1n) is 39.6. The standard InChI is InChI=1S/C31H44N2O4S.C30H43N3O4S.C23H31N3O3S.C3H6O2/c1-6-7-8-9-10-24(34)17-26(31(3,4)5)30(37)33-19-25(35)18-27(33)28(36)16-13-22-11-14-23(15-12-22)29-21(2)32-20-38-29;1-20-28(38-19-32-20)22-12-9-21(10-13-22)11-14-27(36)26-17-24(35)18-33(26)29(37)25(30(2,3)4)16-23(34)8-6-5-7-15-31;1-14-20(30-13-25-14)16-8-5-15(6-9-16)7-10-19(28)18-11-17(27)12-26(18)22(29)21(24)23(2,3)4;1-2-3(4)5/h11-12,14-15,20,25-27,35H,6-10,13,16-19H2,1-5H3;9-10,12-13,19,24-26,35H,5-8,11,14-18,31H2,1-4H3;5-6,8-9,13,17-18,21,27H,7,10-12,24H2,1-4H3;2H2,1H3,(H,4,5)/t25-,26-,27+;24-,25-,26+;17-,18+,21-;/m111./s1. The highest BCUT2D eigenvalue weighted by Crippen LogP contribution is 2.38. The molecule has 0 bridgehead atoms. The predicted molar refractivity (Wildman–Crippen MR) is 442 cm³/mol. The molecule has 3 aliphatic heterocycles. The lowest BCUT2D eigenvalue weighted by Gasteiger charge is -2.34. The lowest BCUT2D eigenvalue weighted by molar-refractivity contribution is -0.146. The van der Waals surface area contributed by atoms with Crippen LogP contribution in [-0.4, -0.2) is 171 Å². The van der Waals surface area contributed by atoms with E-state index >= 15 is 0 Å². The quantitative estimate of drug-likeness (QED) is 0.0208. The van der Waals surface area contributed by atoms with Gasteiger partial charge in [0.25, 0.3) is 0 Å². The van der Waals surface area contributed by atoms with Crippen LogP contribution in [0.2, 0.25) is 0 Å². The van der Waals surface area contributed by atoms with Gasteiger partial charge in [0.1, 0.15) is 11.6 Å². The van der Waals surface area contributed by atoms with E-state index in [1.165, 1.54) is 4.90 Å². The van der Waals surface area contributed by atoms with Crippen molar-refractivity contribution < 1.29 is 63.6 Å². The minimum Gasteiger partial charge on any atom is -0.481 e. The van der Waals surface area contributed by atoms with Crippen molar-refractivity contribution in [1.29, 1.82) is 0 Å². The first kappa shape index (κ1) is 92.4. The fourth-order valence-electron chi connectivity index (χ4n) is 14.1. The maximum absolute atomic E-state index is 13.7. The summed E-state index contributed by atoms with van der Waals surface area (Å²) >= 11 is 4.83. The zero-order valence-electron chi connectivity index (χ0n) is 68.1. The smallest absolute Gasteiger partial charge is 0.303 e.